The van der Waals surface area contributed by atoms with Gasteiger partial charge < -0.3 is 0 Å². The van der Waals surface area contributed by atoms with Crippen LogP contribution in [-0.2, 0) is 6.54 Å². The third kappa shape index (κ3) is 3.44. The van der Waals surface area contributed by atoms with E-state index in [0.29, 0.717) is 16.5 Å². The van der Waals surface area contributed by atoms with Crippen LogP contribution in [0.2, 0.25) is 0 Å². The van der Waals surface area contributed by atoms with Crippen LogP contribution in [0.4, 0.5) is 4.39 Å². The van der Waals surface area contributed by atoms with E-state index < -0.39 is 5.82 Å². The largest absolute Gasteiger partial charge is 0.292 e. The highest BCUT2D eigenvalue weighted by molar-refractivity contribution is 14.1. The maximum atomic E-state index is 12.9. The highest BCUT2D eigenvalue weighted by Gasteiger charge is 2.12. The molecule has 0 aliphatic rings. The first kappa shape index (κ1) is 16.5. The molecule has 23 heavy (non-hydrogen) atoms. The van der Waals surface area contributed by atoms with Crippen LogP contribution in [0.25, 0.3) is 10.9 Å². The van der Waals surface area contributed by atoms with Crippen molar-refractivity contribution in [1.29, 1.82) is 0 Å². The van der Waals surface area contributed by atoms with Crippen molar-refractivity contribution in [3.05, 3.63) is 71.6 Å². The van der Waals surface area contributed by atoms with Crippen LogP contribution in [0.5, 0.6) is 0 Å². The van der Waals surface area contributed by atoms with Crippen molar-refractivity contribution in [3.8, 4) is 0 Å². The van der Waals surface area contributed by atoms with Crippen molar-refractivity contribution >= 4 is 61.9 Å². The Morgan fingerprint density at radius 2 is 1.87 bits per heavy atom. The van der Waals surface area contributed by atoms with Crippen LogP contribution in [0.1, 0.15) is 10.4 Å². The number of rotatable bonds is 3. The third-order valence-corrected chi connectivity index (χ3v) is 4.77. The second-order valence-corrected chi connectivity index (χ2v) is 7.30. The summed E-state index contributed by atoms with van der Waals surface area (Å²) in [6.45, 7) is -0.130. The number of carbonyl (C=O) groups is 1. The van der Waals surface area contributed by atoms with E-state index in [4.69, 9.17) is 0 Å². The van der Waals surface area contributed by atoms with Crippen LogP contribution in [0.3, 0.4) is 0 Å². The van der Waals surface area contributed by atoms with Crippen LogP contribution < -0.4 is 5.56 Å². The summed E-state index contributed by atoms with van der Waals surface area (Å²) in [6, 6.07) is 8.95. The van der Waals surface area contributed by atoms with Crippen molar-refractivity contribution in [2.45, 2.75) is 6.54 Å². The zero-order chi connectivity index (χ0) is 16.6. The summed E-state index contributed by atoms with van der Waals surface area (Å²) in [5.41, 5.74) is 0.721. The van der Waals surface area contributed by atoms with E-state index in [-0.39, 0.29) is 17.9 Å². The van der Waals surface area contributed by atoms with Crippen molar-refractivity contribution in [2.75, 3.05) is 0 Å². The minimum atomic E-state index is -0.407. The summed E-state index contributed by atoms with van der Waals surface area (Å²) >= 11 is 4.27. The third-order valence-electron chi connectivity index (χ3n) is 3.33. The first-order valence-electron chi connectivity index (χ1n) is 6.58. The smallest absolute Gasteiger partial charge is 0.261 e. The van der Waals surface area contributed by atoms with Gasteiger partial charge in [-0.05, 0) is 81.6 Å². The predicted octanol–water partition coefficient (Wildman–Crippen LogP) is 3.63. The van der Waals surface area contributed by atoms with Crippen LogP contribution in [-0.4, -0.2) is 15.3 Å². The number of carbonyl (C=O) groups excluding carboxylic acids is 1. The minimum Gasteiger partial charge on any atom is -0.292 e. The fourth-order valence-corrected chi connectivity index (χ4v) is 4.17. The zero-order valence-corrected chi connectivity index (χ0v) is 15.9. The van der Waals surface area contributed by atoms with Gasteiger partial charge in [0.15, 0.2) is 5.78 Å². The molecule has 0 radical (unpaired) electrons. The van der Waals surface area contributed by atoms with E-state index in [1.807, 2.05) is 6.07 Å². The molecule has 0 spiro atoms. The molecular formula is C16H9FI2N2O2. The highest BCUT2D eigenvalue weighted by Crippen LogP contribution is 2.19. The molecule has 0 fully saturated rings. The summed E-state index contributed by atoms with van der Waals surface area (Å²) in [5.74, 6) is -0.677. The molecule has 1 aromatic heterocycles. The number of aromatic nitrogens is 2. The molecule has 0 atom stereocenters. The summed E-state index contributed by atoms with van der Waals surface area (Å²) in [6.07, 6.45) is 1.38. The standard InChI is InChI=1S/C16H9FI2N2O2/c17-10-3-1-9(2-4-10)14(22)7-21-8-20-15-12(16(21)23)5-11(18)6-13(15)19/h1-6,8H,7H2. The zero-order valence-electron chi connectivity index (χ0n) is 11.6. The molecule has 0 amide bonds. The highest BCUT2D eigenvalue weighted by atomic mass is 127. The molecule has 0 unspecified atom stereocenters. The summed E-state index contributed by atoms with van der Waals surface area (Å²) in [4.78, 5) is 29.1. The maximum absolute atomic E-state index is 12.9. The topological polar surface area (TPSA) is 52.0 Å². The Bertz CT molecular complexity index is 968. The van der Waals surface area contributed by atoms with Gasteiger partial charge in [0.25, 0.3) is 5.56 Å². The number of fused-ring (bicyclic) bond motifs is 1. The molecule has 116 valence electrons. The Kier molecular flexibility index (Phi) is 4.76. The van der Waals surface area contributed by atoms with Crippen molar-refractivity contribution in [1.82, 2.24) is 9.55 Å². The number of hydrogen-bond acceptors (Lipinski definition) is 3. The normalized spacial score (nSPS) is 10.9. The van der Waals surface area contributed by atoms with Gasteiger partial charge in [0, 0.05) is 12.7 Å². The fourth-order valence-electron chi connectivity index (χ4n) is 2.19. The molecule has 0 saturated heterocycles. The summed E-state index contributed by atoms with van der Waals surface area (Å²) in [5, 5.41) is 0.482. The van der Waals surface area contributed by atoms with Gasteiger partial charge in [0.2, 0.25) is 0 Å². The van der Waals surface area contributed by atoms with Crippen LogP contribution in [0.15, 0.2) is 47.5 Å². The van der Waals surface area contributed by atoms with Gasteiger partial charge >= 0.3 is 0 Å². The number of benzene rings is 2. The van der Waals surface area contributed by atoms with Crippen molar-refractivity contribution in [3.63, 3.8) is 0 Å². The molecule has 0 bridgehead atoms. The number of hydrogen-bond donors (Lipinski definition) is 0. The molecular weight excluding hydrogens is 525 g/mol. The van der Waals surface area contributed by atoms with E-state index in [9.17, 15) is 14.0 Å². The molecule has 4 nitrogen and oxygen atoms in total. The quantitative estimate of drug-likeness (QED) is 0.382. The van der Waals surface area contributed by atoms with Gasteiger partial charge in [0.05, 0.1) is 23.8 Å². The molecule has 1 heterocycles. The van der Waals surface area contributed by atoms with Gasteiger partial charge in [-0.15, -0.1) is 0 Å². The molecule has 7 heteroatoms. The van der Waals surface area contributed by atoms with E-state index >= 15 is 0 Å². The molecule has 0 N–H and O–H groups in total. The Morgan fingerprint density at radius 3 is 2.57 bits per heavy atom. The monoisotopic (exact) mass is 534 g/mol. The molecule has 3 rings (SSSR count). The number of nitrogens with zero attached hydrogens (tertiary/aromatic N) is 2. The van der Waals surface area contributed by atoms with Gasteiger partial charge in [0.1, 0.15) is 5.82 Å². The van der Waals surface area contributed by atoms with Gasteiger partial charge in [-0.25, -0.2) is 9.37 Å². The number of ketones is 1. The average Bonchev–Trinajstić information content (AvgIpc) is 2.51. The van der Waals surface area contributed by atoms with E-state index in [1.54, 1.807) is 6.07 Å². The lowest BCUT2D eigenvalue weighted by atomic mass is 10.1. The summed E-state index contributed by atoms with van der Waals surface area (Å²) in [7, 11) is 0. The minimum absolute atomic E-state index is 0.130. The first-order chi connectivity index (χ1) is 11.0. The average molecular weight is 534 g/mol. The van der Waals surface area contributed by atoms with Crippen LogP contribution >= 0.6 is 45.2 Å². The lowest BCUT2D eigenvalue weighted by molar-refractivity contribution is 0.0970. The van der Waals surface area contributed by atoms with Crippen molar-refractivity contribution < 1.29 is 9.18 Å². The molecule has 2 aromatic carbocycles. The Hall–Kier alpha value is -1.36. The van der Waals surface area contributed by atoms with E-state index in [1.165, 1.54) is 35.2 Å². The molecule has 0 aliphatic carbocycles. The van der Waals surface area contributed by atoms with E-state index in [2.05, 4.69) is 50.2 Å². The molecule has 0 aliphatic heterocycles. The molecule has 3 aromatic rings. The SMILES string of the molecule is O=C(Cn1cnc2c(I)cc(I)cc2c1=O)c1ccc(F)cc1. The lowest BCUT2D eigenvalue weighted by Crippen LogP contribution is -2.25. The number of Topliss-reactive ketones (excluding diaryl/α,β-unsaturated/α-hetero) is 1. The Labute approximate surface area is 158 Å². The Balaban J connectivity index is 2.00. The summed E-state index contributed by atoms with van der Waals surface area (Å²) < 4.78 is 16.0. The number of halogens is 3. The second-order valence-electron chi connectivity index (χ2n) is 4.89. The van der Waals surface area contributed by atoms with E-state index in [0.717, 1.165) is 7.14 Å². The predicted molar refractivity (Wildman–Crippen MR) is 102 cm³/mol. The fraction of sp³-hybridized carbons (Fsp3) is 0.0625. The van der Waals surface area contributed by atoms with Gasteiger partial charge in [-0.3, -0.25) is 14.2 Å². The Morgan fingerprint density at radius 1 is 1.17 bits per heavy atom. The van der Waals surface area contributed by atoms with Crippen LogP contribution in [0, 0.1) is 13.0 Å². The second kappa shape index (κ2) is 6.63. The van der Waals surface area contributed by atoms with Gasteiger partial charge in [-0.1, -0.05) is 0 Å². The first-order valence-corrected chi connectivity index (χ1v) is 8.74. The molecule has 0 saturated carbocycles. The van der Waals surface area contributed by atoms with Crippen molar-refractivity contribution in [2.24, 2.45) is 0 Å². The maximum Gasteiger partial charge on any atom is 0.261 e. The van der Waals surface area contributed by atoms with Gasteiger partial charge in [-0.2, -0.15) is 0 Å². The lowest BCUT2D eigenvalue weighted by Gasteiger charge is -2.07.